The highest BCUT2D eigenvalue weighted by Crippen LogP contribution is 2.32. The summed E-state index contributed by atoms with van der Waals surface area (Å²) >= 11 is 0. The second-order valence-corrected chi connectivity index (χ2v) is 7.42. The highest BCUT2D eigenvalue weighted by atomic mass is 16.7. The summed E-state index contributed by atoms with van der Waals surface area (Å²) in [6, 6.07) is 10.7. The van der Waals surface area contributed by atoms with E-state index in [0.29, 0.717) is 12.1 Å². The molecule has 6 heteroatoms. The third-order valence-corrected chi connectivity index (χ3v) is 5.47. The average molecular weight is 342 g/mol. The Morgan fingerprint density at radius 2 is 2.12 bits per heavy atom. The van der Waals surface area contributed by atoms with Crippen molar-refractivity contribution in [2.75, 3.05) is 26.2 Å². The van der Waals surface area contributed by atoms with E-state index in [1.54, 1.807) is 0 Å². The number of oxime groups is 1. The number of nitrogens with one attached hydrogen (secondary N) is 2. The van der Waals surface area contributed by atoms with E-state index in [9.17, 15) is 4.79 Å². The lowest BCUT2D eigenvalue weighted by molar-refractivity contribution is -0.115. The van der Waals surface area contributed by atoms with Crippen molar-refractivity contribution in [3.8, 4) is 0 Å². The predicted molar refractivity (Wildman–Crippen MR) is 96.2 cm³/mol. The van der Waals surface area contributed by atoms with Crippen LogP contribution in [0.4, 0.5) is 0 Å². The highest BCUT2D eigenvalue weighted by Gasteiger charge is 2.42. The van der Waals surface area contributed by atoms with Crippen molar-refractivity contribution in [1.82, 2.24) is 15.5 Å². The van der Waals surface area contributed by atoms with E-state index in [1.807, 2.05) is 6.07 Å². The second-order valence-electron chi connectivity index (χ2n) is 7.42. The average Bonchev–Trinajstić information content (AvgIpc) is 3.24. The van der Waals surface area contributed by atoms with Gasteiger partial charge in [-0.2, -0.15) is 0 Å². The monoisotopic (exact) mass is 342 g/mol. The maximum absolute atomic E-state index is 12.5. The molecule has 134 valence electrons. The first-order valence-corrected chi connectivity index (χ1v) is 9.25. The Morgan fingerprint density at radius 1 is 1.32 bits per heavy atom. The zero-order chi connectivity index (χ0) is 17.1. The van der Waals surface area contributed by atoms with Gasteiger partial charge in [-0.1, -0.05) is 35.5 Å². The van der Waals surface area contributed by atoms with Gasteiger partial charge < -0.3 is 15.5 Å². The minimum atomic E-state index is -0.243. The smallest absolute Gasteiger partial charge is 0.269 e. The van der Waals surface area contributed by atoms with Gasteiger partial charge in [-0.3, -0.25) is 9.69 Å². The maximum Gasteiger partial charge on any atom is 0.269 e. The van der Waals surface area contributed by atoms with Crippen LogP contribution in [0, 0.1) is 0 Å². The zero-order valence-corrected chi connectivity index (χ0v) is 14.5. The molecule has 4 rings (SSSR count). The number of rotatable bonds is 4. The first-order chi connectivity index (χ1) is 12.2. The molecule has 0 saturated carbocycles. The summed E-state index contributed by atoms with van der Waals surface area (Å²) in [5.41, 5.74) is 1.63. The standard InChI is InChI=1S/C19H26N4O2/c24-18(17-12-19(25-22-17)7-9-20-10-8-19)21-16-6-11-23(14-16)13-15-4-2-1-3-5-15/h1-5,16,20H,6-14H2,(H,21,24)/t16-/m0/s1. The largest absolute Gasteiger partial charge is 0.388 e. The van der Waals surface area contributed by atoms with E-state index in [2.05, 4.69) is 45.0 Å². The van der Waals surface area contributed by atoms with Crippen molar-refractivity contribution in [2.45, 2.75) is 43.9 Å². The Balaban J connectivity index is 1.26. The van der Waals surface area contributed by atoms with E-state index in [0.717, 1.165) is 52.0 Å². The van der Waals surface area contributed by atoms with Crippen LogP contribution in [0.3, 0.4) is 0 Å². The molecule has 0 radical (unpaired) electrons. The van der Waals surface area contributed by atoms with Gasteiger partial charge in [0.1, 0.15) is 11.3 Å². The summed E-state index contributed by atoms with van der Waals surface area (Å²) in [7, 11) is 0. The number of hydrogen-bond donors (Lipinski definition) is 2. The molecule has 1 aromatic rings. The van der Waals surface area contributed by atoms with Crippen molar-refractivity contribution >= 4 is 11.6 Å². The van der Waals surface area contributed by atoms with Crippen molar-refractivity contribution in [2.24, 2.45) is 5.16 Å². The molecule has 1 spiro atoms. The molecule has 2 saturated heterocycles. The fourth-order valence-corrected chi connectivity index (χ4v) is 4.00. The quantitative estimate of drug-likeness (QED) is 0.865. The predicted octanol–water partition coefficient (Wildman–Crippen LogP) is 1.28. The van der Waals surface area contributed by atoms with Crippen LogP contribution in [0.25, 0.3) is 0 Å². The van der Waals surface area contributed by atoms with Crippen LogP contribution in [-0.4, -0.2) is 54.3 Å². The number of piperidine rings is 1. The number of carbonyl (C=O) groups is 1. The van der Waals surface area contributed by atoms with Gasteiger partial charge in [0.15, 0.2) is 0 Å². The summed E-state index contributed by atoms with van der Waals surface area (Å²) in [6.07, 6.45) is 3.46. The summed E-state index contributed by atoms with van der Waals surface area (Å²) in [5.74, 6) is -0.0537. The van der Waals surface area contributed by atoms with Gasteiger partial charge in [0.05, 0.1) is 0 Å². The Morgan fingerprint density at radius 3 is 2.92 bits per heavy atom. The summed E-state index contributed by atoms with van der Waals surface area (Å²) < 4.78 is 0. The SMILES string of the molecule is O=C(N[C@H]1CCN(Cc2ccccc2)C1)C1=NOC2(CCNCC2)C1. The molecule has 6 nitrogen and oxygen atoms in total. The molecule has 3 aliphatic heterocycles. The highest BCUT2D eigenvalue weighted by molar-refractivity contribution is 6.39. The zero-order valence-electron chi connectivity index (χ0n) is 14.5. The minimum absolute atomic E-state index is 0.0537. The van der Waals surface area contributed by atoms with Crippen LogP contribution in [0.5, 0.6) is 0 Å². The van der Waals surface area contributed by atoms with E-state index < -0.39 is 0 Å². The van der Waals surface area contributed by atoms with Gasteiger partial charge in [0, 0.05) is 44.9 Å². The molecular weight excluding hydrogens is 316 g/mol. The van der Waals surface area contributed by atoms with Crippen LogP contribution in [-0.2, 0) is 16.2 Å². The van der Waals surface area contributed by atoms with Crippen LogP contribution in [0.15, 0.2) is 35.5 Å². The molecule has 0 aromatic heterocycles. The van der Waals surface area contributed by atoms with Gasteiger partial charge in [-0.15, -0.1) is 0 Å². The van der Waals surface area contributed by atoms with Crippen molar-refractivity contribution < 1.29 is 9.63 Å². The topological polar surface area (TPSA) is 66.0 Å². The minimum Gasteiger partial charge on any atom is -0.388 e. The van der Waals surface area contributed by atoms with Crippen LogP contribution < -0.4 is 10.6 Å². The van der Waals surface area contributed by atoms with Gasteiger partial charge in [0.25, 0.3) is 5.91 Å². The molecule has 3 aliphatic rings. The number of likely N-dealkylation sites (tertiary alicyclic amines) is 1. The Kier molecular flexibility index (Phi) is 4.72. The fraction of sp³-hybridized carbons (Fsp3) is 0.579. The molecule has 0 bridgehead atoms. The molecule has 2 N–H and O–H groups in total. The number of nitrogens with zero attached hydrogens (tertiary/aromatic N) is 2. The van der Waals surface area contributed by atoms with Crippen molar-refractivity contribution in [1.29, 1.82) is 0 Å². The normalized spacial score (nSPS) is 25.6. The molecule has 0 unspecified atom stereocenters. The second kappa shape index (κ2) is 7.14. The molecule has 0 aliphatic carbocycles. The Labute approximate surface area is 148 Å². The van der Waals surface area contributed by atoms with E-state index in [4.69, 9.17) is 4.84 Å². The van der Waals surface area contributed by atoms with Gasteiger partial charge in [-0.25, -0.2) is 0 Å². The van der Waals surface area contributed by atoms with Crippen LogP contribution in [0.2, 0.25) is 0 Å². The molecule has 2 fully saturated rings. The lowest BCUT2D eigenvalue weighted by Gasteiger charge is -2.30. The number of hydrogen-bond acceptors (Lipinski definition) is 5. The third-order valence-electron chi connectivity index (χ3n) is 5.47. The van der Waals surface area contributed by atoms with Crippen molar-refractivity contribution in [3.63, 3.8) is 0 Å². The van der Waals surface area contributed by atoms with Crippen molar-refractivity contribution in [3.05, 3.63) is 35.9 Å². The summed E-state index contributed by atoms with van der Waals surface area (Å²) in [6.45, 7) is 4.71. The lowest BCUT2D eigenvalue weighted by atomic mass is 9.87. The van der Waals surface area contributed by atoms with Crippen LogP contribution in [0.1, 0.15) is 31.2 Å². The first kappa shape index (κ1) is 16.5. The maximum atomic E-state index is 12.5. The Bertz CT molecular complexity index is 640. The molecule has 1 amide bonds. The molecule has 1 aromatic carbocycles. The van der Waals surface area contributed by atoms with Crippen LogP contribution >= 0.6 is 0 Å². The Hall–Kier alpha value is -1.92. The van der Waals surface area contributed by atoms with E-state index in [-0.39, 0.29) is 17.6 Å². The van der Waals surface area contributed by atoms with Gasteiger partial charge in [-0.05, 0) is 25.1 Å². The molecular formula is C19H26N4O2. The molecule has 1 atom stereocenters. The summed E-state index contributed by atoms with van der Waals surface area (Å²) in [4.78, 5) is 20.6. The first-order valence-electron chi connectivity index (χ1n) is 9.25. The van der Waals surface area contributed by atoms with Gasteiger partial charge in [0.2, 0.25) is 0 Å². The molecule has 3 heterocycles. The molecule has 25 heavy (non-hydrogen) atoms. The third kappa shape index (κ3) is 3.85. The van der Waals surface area contributed by atoms with E-state index in [1.165, 1.54) is 5.56 Å². The van der Waals surface area contributed by atoms with E-state index >= 15 is 0 Å². The summed E-state index contributed by atoms with van der Waals surface area (Å²) in [5, 5.41) is 10.6. The van der Waals surface area contributed by atoms with Gasteiger partial charge >= 0.3 is 0 Å². The lowest BCUT2D eigenvalue weighted by Crippen LogP contribution is -2.44. The number of amides is 1. The number of carbonyl (C=O) groups excluding carboxylic acids is 1. The number of benzene rings is 1. The fourth-order valence-electron chi connectivity index (χ4n) is 4.00.